The van der Waals surface area contributed by atoms with Crippen molar-refractivity contribution in [3.05, 3.63) is 24.3 Å². The molecule has 2 unspecified atom stereocenters. The van der Waals surface area contributed by atoms with Crippen LogP contribution in [0, 0.1) is 0 Å². The number of anilines is 1. The van der Waals surface area contributed by atoms with Gasteiger partial charge in [0.2, 0.25) is 5.91 Å². The molecule has 1 aromatic carbocycles. The molecule has 1 aromatic rings. The molecule has 118 valence electrons. The quantitative estimate of drug-likeness (QED) is 0.796. The maximum atomic E-state index is 12.2. The SMILES string of the molecule is COC1CCCC1OC(=O)CN1C(=O)CSc2ccccc21. The molecule has 5 nitrogen and oxygen atoms in total. The number of fused-ring (bicyclic) bond motifs is 1. The summed E-state index contributed by atoms with van der Waals surface area (Å²) in [4.78, 5) is 26.9. The molecule has 1 amide bonds. The fourth-order valence-corrected chi connectivity index (χ4v) is 3.89. The molecule has 0 N–H and O–H groups in total. The molecular weight excluding hydrogens is 302 g/mol. The van der Waals surface area contributed by atoms with Gasteiger partial charge in [-0.3, -0.25) is 14.5 Å². The molecule has 0 radical (unpaired) electrons. The zero-order valence-electron chi connectivity index (χ0n) is 12.5. The van der Waals surface area contributed by atoms with Gasteiger partial charge in [0.05, 0.1) is 17.5 Å². The summed E-state index contributed by atoms with van der Waals surface area (Å²) in [5.41, 5.74) is 0.787. The normalized spacial score (nSPS) is 24.2. The van der Waals surface area contributed by atoms with Gasteiger partial charge in [0.25, 0.3) is 0 Å². The number of esters is 1. The zero-order valence-corrected chi connectivity index (χ0v) is 13.3. The number of amides is 1. The number of hydrogen-bond donors (Lipinski definition) is 0. The summed E-state index contributed by atoms with van der Waals surface area (Å²) in [5, 5.41) is 0. The Labute approximate surface area is 134 Å². The van der Waals surface area contributed by atoms with Crippen molar-refractivity contribution < 1.29 is 19.1 Å². The predicted octanol–water partition coefficient (Wildman–Crippen LogP) is 2.24. The van der Waals surface area contributed by atoms with Crippen LogP contribution in [0.2, 0.25) is 0 Å². The minimum Gasteiger partial charge on any atom is -0.458 e. The van der Waals surface area contributed by atoms with Crippen LogP contribution >= 0.6 is 11.8 Å². The highest BCUT2D eigenvalue weighted by Crippen LogP contribution is 2.35. The number of rotatable bonds is 4. The number of carbonyl (C=O) groups is 2. The van der Waals surface area contributed by atoms with E-state index >= 15 is 0 Å². The van der Waals surface area contributed by atoms with Crippen LogP contribution in [-0.2, 0) is 19.1 Å². The highest BCUT2D eigenvalue weighted by molar-refractivity contribution is 8.00. The molecule has 0 saturated heterocycles. The van der Waals surface area contributed by atoms with E-state index in [0.29, 0.717) is 5.75 Å². The van der Waals surface area contributed by atoms with Crippen molar-refractivity contribution in [3.8, 4) is 0 Å². The van der Waals surface area contributed by atoms with E-state index in [-0.39, 0.29) is 30.6 Å². The molecule has 1 heterocycles. The minimum absolute atomic E-state index is 0.0242. The molecule has 0 bridgehead atoms. The third kappa shape index (κ3) is 3.13. The topological polar surface area (TPSA) is 55.8 Å². The molecular formula is C16H19NO4S. The van der Waals surface area contributed by atoms with Gasteiger partial charge in [-0.05, 0) is 31.4 Å². The Kier molecular flexibility index (Phi) is 4.69. The van der Waals surface area contributed by atoms with Crippen molar-refractivity contribution in [1.82, 2.24) is 0 Å². The monoisotopic (exact) mass is 321 g/mol. The smallest absolute Gasteiger partial charge is 0.326 e. The summed E-state index contributed by atoms with van der Waals surface area (Å²) >= 11 is 1.50. The van der Waals surface area contributed by atoms with E-state index in [2.05, 4.69) is 0 Å². The molecule has 2 atom stereocenters. The molecule has 3 rings (SSSR count). The minimum atomic E-state index is -0.371. The molecule has 0 aromatic heterocycles. The van der Waals surface area contributed by atoms with E-state index in [1.807, 2.05) is 24.3 Å². The average molecular weight is 321 g/mol. The lowest BCUT2D eigenvalue weighted by Gasteiger charge is -2.28. The van der Waals surface area contributed by atoms with E-state index in [1.165, 1.54) is 16.7 Å². The van der Waals surface area contributed by atoms with Crippen LogP contribution < -0.4 is 4.90 Å². The number of thioether (sulfide) groups is 1. The van der Waals surface area contributed by atoms with Gasteiger partial charge in [-0.25, -0.2) is 0 Å². The molecule has 0 spiro atoms. The summed E-state index contributed by atoms with van der Waals surface area (Å²) in [5.74, 6) is -0.0756. The number of para-hydroxylation sites is 1. The number of methoxy groups -OCH3 is 1. The van der Waals surface area contributed by atoms with Crippen molar-refractivity contribution in [3.63, 3.8) is 0 Å². The average Bonchev–Trinajstić information content (AvgIpc) is 2.97. The molecule has 1 saturated carbocycles. The fraction of sp³-hybridized carbons (Fsp3) is 0.500. The Morgan fingerprint density at radius 1 is 1.32 bits per heavy atom. The number of nitrogens with zero attached hydrogens (tertiary/aromatic N) is 1. The third-order valence-electron chi connectivity index (χ3n) is 4.07. The molecule has 22 heavy (non-hydrogen) atoms. The Hall–Kier alpha value is -1.53. The summed E-state index contributed by atoms with van der Waals surface area (Å²) in [7, 11) is 1.64. The van der Waals surface area contributed by atoms with Gasteiger partial charge < -0.3 is 9.47 Å². The van der Waals surface area contributed by atoms with Crippen molar-refractivity contribution in [1.29, 1.82) is 0 Å². The van der Waals surface area contributed by atoms with Gasteiger partial charge in [-0.1, -0.05) is 12.1 Å². The van der Waals surface area contributed by atoms with E-state index in [9.17, 15) is 9.59 Å². The molecule has 1 aliphatic carbocycles. The van der Waals surface area contributed by atoms with Crippen LogP contribution in [-0.4, -0.2) is 43.5 Å². The second-order valence-corrected chi connectivity index (χ2v) is 6.49. The number of carbonyl (C=O) groups excluding carboxylic acids is 2. The first kappa shape index (κ1) is 15.4. The first-order chi connectivity index (χ1) is 10.7. The first-order valence-corrected chi connectivity index (χ1v) is 8.42. The summed E-state index contributed by atoms with van der Waals surface area (Å²) in [6.45, 7) is -0.0384. The summed E-state index contributed by atoms with van der Waals surface area (Å²) in [6.07, 6.45) is 2.52. The van der Waals surface area contributed by atoms with E-state index in [0.717, 1.165) is 29.8 Å². The van der Waals surface area contributed by atoms with Gasteiger partial charge in [-0.2, -0.15) is 0 Å². The predicted molar refractivity (Wildman–Crippen MR) is 84.0 cm³/mol. The van der Waals surface area contributed by atoms with E-state index < -0.39 is 0 Å². The van der Waals surface area contributed by atoms with Crippen molar-refractivity contribution in [2.75, 3.05) is 24.3 Å². The molecule has 1 fully saturated rings. The van der Waals surface area contributed by atoms with Crippen LogP contribution in [0.15, 0.2) is 29.2 Å². The number of hydrogen-bond acceptors (Lipinski definition) is 5. The van der Waals surface area contributed by atoms with E-state index in [4.69, 9.17) is 9.47 Å². The van der Waals surface area contributed by atoms with Crippen LogP contribution in [0.4, 0.5) is 5.69 Å². The lowest BCUT2D eigenvalue weighted by molar-refractivity contribution is -0.153. The van der Waals surface area contributed by atoms with Crippen LogP contribution in [0.5, 0.6) is 0 Å². The Bertz CT molecular complexity index is 577. The summed E-state index contributed by atoms with van der Waals surface area (Å²) in [6, 6.07) is 7.62. The highest BCUT2D eigenvalue weighted by atomic mass is 32.2. The lowest BCUT2D eigenvalue weighted by Crippen LogP contribution is -2.41. The largest absolute Gasteiger partial charge is 0.458 e. The van der Waals surface area contributed by atoms with Gasteiger partial charge >= 0.3 is 5.97 Å². The molecule has 6 heteroatoms. The van der Waals surface area contributed by atoms with Crippen molar-refractivity contribution in [2.24, 2.45) is 0 Å². The maximum absolute atomic E-state index is 12.2. The lowest BCUT2D eigenvalue weighted by atomic mass is 10.2. The zero-order chi connectivity index (χ0) is 15.5. The number of benzene rings is 1. The standard InChI is InChI=1S/C16H19NO4S/c1-20-12-6-4-7-13(12)21-16(19)9-17-11-5-2-3-8-14(11)22-10-15(17)18/h2-3,5,8,12-13H,4,6-7,9-10H2,1H3. The number of ether oxygens (including phenoxy) is 2. The molecule has 2 aliphatic rings. The molecule has 1 aliphatic heterocycles. The Balaban J connectivity index is 1.67. The Morgan fingerprint density at radius 3 is 2.91 bits per heavy atom. The second-order valence-electron chi connectivity index (χ2n) is 5.47. The van der Waals surface area contributed by atoms with Crippen LogP contribution in [0.1, 0.15) is 19.3 Å². The second kappa shape index (κ2) is 6.71. The van der Waals surface area contributed by atoms with Gasteiger partial charge in [-0.15, -0.1) is 11.8 Å². The summed E-state index contributed by atoms with van der Waals surface area (Å²) < 4.78 is 10.8. The van der Waals surface area contributed by atoms with E-state index in [1.54, 1.807) is 7.11 Å². The Morgan fingerprint density at radius 2 is 2.09 bits per heavy atom. The van der Waals surface area contributed by atoms with Crippen molar-refractivity contribution in [2.45, 2.75) is 36.4 Å². The van der Waals surface area contributed by atoms with Gasteiger partial charge in [0.1, 0.15) is 12.6 Å². The highest BCUT2D eigenvalue weighted by Gasteiger charge is 2.32. The van der Waals surface area contributed by atoms with Gasteiger partial charge in [0.15, 0.2) is 0 Å². The maximum Gasteiger partial charge on any atom is 0.326 e. The van der Waals surface area contributed by atoms with Crippen LogP contribution in [0.3, 0.4) is 0 Å². The van der Waals surface area contributed by atoms with Gasteiger partial charge in [0, 0.05) is 12.0 Å². The fourth-order valence-electron chi connectivity index (χ4n) is 2.96. The third-order valence-corrected chi connectivity index (χ3v) is 5.12. The van der Waals surface area contributed by atoms with Crippen LogP contribution in [0.25, 0.3) is 0 Å². The first-order valence-electron chi connectivity index (χ1n) is 7.43. The van der Waals surface area contributed by atoms with Crippen molar-refractivity contribution >= 4 is 29.3 Å².